The Labute approximate surface area is 109 Å². The monoisotopic (exact) mass is 329 g/mol. The van der Waals surface area contributed by atoms with E-state index in [1.54, 1.807) is 0 Å². The van der Waals surface area contributed by atoms with Gasteiger partial charge < -0.3 is 5.73 Å². The Balaban J connectivity index is 3.02. The zero-order chi connectivity index (χ0) is 13.2. The standard InChI is InChI=1S/C10H8BrClF3NO/c11-8(9(16)17)3-5-1-6(10(13,14)15)4-7(12)2-5/h1-2,4,8H,3H2,(H2,16,17). The first-order chi connectivity index (χ1) is 7.70. The highest BCUT2D eigenvalue weighted by Crippen LogP contribution is 2.32. The van der Waals surface area contributed by atoms with Crippen molar-refractivity contribution in [1.29, 1.82) is 0 Å². The zero-order valence-corrected chi connectivity index (χ0v) is 10.7. The molecule has 0 aliphatic carbocycles. The molecule has 1 aromatic carbocycles. The summed E-state index contributed by atoms with van der Waals surface area (Å²) >= 11 is 8.57. The summed E-state index contributed by atoms with van der Waals surface area (Å²) in [7, 11) is 0. The van der Waals surface area contributed by atoms with Crippen LogP contribution in [0.4, 0.5) is 13.2 Å². The Morgan fingerprint density at radius 1 is 1.41 bits per heavy atom. The highest BCUT2D eigenvalue weighted by atomic mass is 79.9. The first-order valence-electron chi connectivity index (χ1n) is 4.50. The lowest BCUT2D eigenvalue weighted by Gasteiger charge is -2.11. The average Bonchev–Trinajstić information content (AvgIpc) is 2.15. The fourth-order valence-corrected chi connectivity index (χ4v) is 1.87. The van der Waals surface area contributed by atoms with Gasteiger partial charge in [-0.25, -0.2) is 0 Å². The Morgan fingerprint density at radius 3 is 2.47 bits per heavy atom. The molecule has 7 heteroatoms. The molecule has 0 saturated heterocycles. The Bertz CT molecular complexity index is 436. The molecule has 0 spiro atoms. The maximum absolute atomic E-state index is 12.5. The van der Waals surface area contributed by atoms with Crippen molar-refractivity contribution in [2.24, 2.45) is 5.73 Å². The van der Waals surface area contributed by atoms with E-state index in [0.717, 1.165) is 12.1 Å². The van der Waals surface area contributed by atoms with E-state index in [2.05, 4.69) is 15.9 Å². The zero-order valence-electron chi connectivity index (χ0n) is 8.39. The highest BCUT2D eigenvalue weighted by molar-refractivity contribution is 9.10. The second-order valence-electron chi connectivity index (χ2n) is 3.42. The van der Waals surface area contributed by atoms with E-state index in [-0.39, 0.29) is 11.4 Å². The van der Waals surface area contributed by atoms with E-state index in [0.29, 0.717) is 5.56 Å². The number of benzene rings is 1. The molecule has 0 heterocycles. The summed E-state index contributed by atoms with van der Waals surface area (Å²) in [6.45, 7) is 0. The van der Waals surface area contributed by atoms with Crippen LogP contribution in [-0.2, 0) is 17.4 Å². The van der Waals surface area contributed by atoms with Crippen LogP contribution in [0.3, 0.4) is 0 Å². The summed E-state index contributed by atoms with van der Waals surface area (Å²) in [5, 5.41) is -0.0287. The van der Waals surface area contributed by atoms with Crippen molar-refractivity contribution < 1.29 is 18.0 Å². The number of amides is 1. The number of carbonyl (C=O) groups excluding carboxylic acids is 1. The molecule has 0 bridgehead atoms. The second kappa shape index (κ2) is 5.27. The van der Waals surface area contributed by atoms with Crippen LogP contribution in [-0.4, -0.2) is 10.7 Å². The SMILES string of the molecule is NC(=O)C(Br)Cc1cc(Cl)cc(C(F)(F)F)c1. The van der Waals surface area contributed by atoms with E-state index in [1.165, 1.54) is 6.07 Å². The van der Waals surface area contributed by atoms with Gasteiger partial charge in [0.05, 0.1) is 10.4 Å². The Kier molecular flexibility index (Phi) is 4.43. The van der Waals surface area contributed by atoms with E-state index in [4.69, 9.17) is 17.3 Å². The third-order valence-electron chi connectivity index (χ3n) is 2.01. The van der Waals surface area contributed by atoms with Crippen LogP contribution in [0, 0.1) is 0 Å². The van der Waals surface area contributed by atoms with Gasteiger partial charge in [0, 0.05) is 5.02 Å². The van der Waals surface area contributed by atoms with Gasteiger partial charge in [-0.1, -0.05) is 27.5 Å². The predicted octanol–water partition coefficient (Wildman–Crippen LogP) is 3.15. The van der Waals surface area contributed by atoms with Gasteiger partial charge in [0.15, 0.2) is 0 Å². The van der Waals surface area contributed by atoms with E-state index < -0.39 is 22.5 Å². The topological polar surface area (TPSA) is 43.1 Å². The summed E-state index contributed by atoms with van der Waals surface area (Å²) in [4.78, 5) is 10.1. The van der Waals surface area contributed by atoms with Crippen LogP contribution in [0.1, 0.15) is 11.1 Å². The van der Waals surface area contributed by atoms with Crippen molar-refractivity contribution in [1.82, 2.24) is 0 Å². The lowest BCUT2D eigenvalue weighted by atomic mass is 10.1. The van der Waals surface area contributed by atoms with Crippen molar-refractivity contribution in [2.45, 2.75) is 17.4 Å². The number of nitrogens with two attached hydrogens (primary N) is 1. The van der Waals surface area contributed by atoms with Crippen LogP contribution < -0.4 is 5.73 Å². The van der Waals surface area contributed by atoms with Crippen molar-refractivity contribution in [2.75, 3.05) is 0 Å². The Morgan fingerprint density at radius 2 is 2.00 bits per heavy atom. The summed E-state index contributed by atoms with van der Waals surface area (Å²) in [5.74, 6) is -0.640. The molecule has 0 saturated carbocycles. The summed E-state index contributed by atoms with van der Waals surface area (Å²) in [6, 6.07) is 3.15. The first kappa shape index (κ1) is 14.3. The molecule has 94 valence electrons. The van der Waals surface area contributed by atoms with E-state index in [1.807, 2.05) is 0 Å². The molecule has 1 amide bonds. The summed E-state index contributed by atoms with van der Waals surface area (Å²) in [5.41, 5.74) is 4.46. The molecule has 1 aromatic rings. The van der Waals surface area contributed by atoms with Crippen LogP contribution >= 0.6 is 27.5 Å². The van der Waals surface area contributed by atoms with Crippen LogP contribution in [0.15, 0.2) is 18.2 Å². The molecule has 1 unspecified atom stereocenters. The normalized spacial score (nSPS) is 13.5. The minimum absolute atomic E-state index is 0.0287. The minimum atomic E-state index is -4.46. The molecule has 0 aromatic heterocycles. The van der Waals surface area contributed by atoms with Gasteiger partial charge in [-0.3, -0.25) is 4.79 Å². The molecule has 1 atom stereocenters. The fraction of sp³-hybridized carbons (Fsp3) is 0.300. The molecule has 1 rings (SSSR count). The quantitative estimate of drug-likeness (QED) is 0.850. The largest absolute Gasteiger partial charge is 0.416 e. The van der Waals surface area contributed by atoms with Crippen LogP contribution in [0.2, 0.25) is 5.02 Å². The fourth-order valence-electron chi connectivity index (χ4n) is 1.24. The first-order valence-corrected chi connectivity index (χ1v) is 5.79. The molecular weight excluding hydrogens is 322 g/mol. The Hall–Kier alpha value is -0.750. The molecule has 0 aliphatic heterocycles. The van der Waals surface area contributed by atoms with Gasteiger partial charge in [0.2, 0.25) is 5.91 Å². The van der Waals surface area contributed by atoms with Gasteiger partial charge in [0.25, 0.3) is 0 Å². The lowest BCUT2D eigenvalue weighted by molar-refractivity contribution is -0.137. The van der Waals surface area contributed by atoms with Gasteiger partial charge in [-0.05, 0) is 30.2 Å². The number of hydrogen-bond acceptors (Lipinski definition) is 1. The van der Waals surface area contributed by atoms with Gasteiger partial charge in [-0.2, -0.15) is 13.2 Å². The maximum Gasteiger partial charge on any atom is 0.416 e. The van der Waals surface area contributed by atoms with Crippen molar-refractivity contribution in [3.8, 4) is 0 Å². The van der Waals surface area contributed by atoms with Crippen molar-refractivity contribution >= 4 is 33.4 Å². The van der Waals surface area contributed by atoms with Crippen molar-refractivity contribution in [3.63, 3.8) is 0 Å². The molecule has 2 nitrogen and oxygen atoms in total. The predicted molar refractivity (Wildman–Crippen MR) is 62.1 cm³/mol. The number of carbonyl (C=O) groups is 1. The molecule has 0 aliphatic rings. The summed E-state index contributed by atoms with van der Waals surface area (Å²) < 4.78 is 37.4. The second-order valence-corrected chi connectivity index (χ2v) is 4.96. The van der Waals surface area contributed by atoms with E-state index >= 15 is 0 Å². The number of alkyl halides is 4. The lowest BCUT2D eigenvalue weighted by Crippen LogP contribution is -2.25. The third-order valence-corrected chi connectivity index (χ3v) is 3.00. The number of hydrogen-bond donors (Lipinski definition) is 1. The molecular formula is C10H8BrClF3NO. The van der Waals surface area contributed by atoms with Crippen molar-refractivity contribution in [3.05, 3.63) is 34.3 Å². The molecule has 0 radical (unpaired) electrons. The smallest absolute Gasteiger partial charge is 0.369 e. The number of primary amides is 1. The van der Waals surface area contributed by atoms with Gasteiger partial charge in [0.1, 0.15) is 0 Å². The van der Waals surface area contributed by atoms with Crippen LogP contribution in [0.5, 0.6) is 0 Å². The highest BCUT2D eigenvalue weighted by Gasteiger charge is 2.31. The van der Waals surface area contributed by atoms with Gasteiger partial charge in [-0.15, -0.1) is 0 Å². The molecule has 17 heavy (non-hydrogen) atoms. The number of rotatable bonds is 3. The summed E-state index contributed by atoms with van der Waals surface area (Å²) in [6.07, 6.45) is -4.41. The average molecular weight is 331 g/mol. The number of halogens is 5. The minimum Gasteiger partial charge on any atom is -0.369 e. The maximum atomic E-state index is 12.5. The van der Waals surface area contributed by atoms with Gasteiger partial charge >= 0.3 is 6.18 Å². The molecule has 2 N–H and O–H groups in total. The van der Waals surface area contributed by atoms with Crippen LogP contribution in [0.25, 0.3) is 0 Å². The van der Waals surface area contributed by atoms with E-state index in [9.17, 15) is 18.0 Å². The molecule has 0 fully saturated rings. The third kappa shape index (κ3) is 4.20.